The van der Waals surface area contributed by atoms with Gasteiger partial charge in [0, 0.05) is 12.6 Å². The van der Waals surface area contributed by atoms with Gasteiger partial charge >= 0.3 is 0 Å². The standard InChI is InChI=1S/C11H11NO3/c1-11(15)7-5-3-4-6-8(7)12(2)10(14)9(11)13/h3-6,15H,1-2H3. The lowest BCUT2D eigenvalue weighted by Gasteiger charge is -2.33. The van der Waals surface area contributed by atoms with Gasteiger partial charge in [-0.3, -0.25) is 9.59 Å². The number of rotatable bonds is 0. The number of benzene rings is 1. The first-order chi connectivity index (χ1) is 6.96. The van der Waals surface area contributed by atoms with E-state index in [1.54, 1.807) is 24.3 Å². The molecule has 0 saturated carbocycles. The zero-order valence-electron chi connectivity index (χ0n) is 8.52. The van der Waals surface area contributed by atoms with Crippen LogP contribution in [0, 0.1) is 0 Å². The number of anilines is 1. The van der Waals surface area contributed by atoms with E-state index in [-0.39, 0.29) is 0 Å². The van der Waals surface area contributed by atoms with Crippen LogP contribution in [0.4, 0.5) is 5.69 Å². The lowest BCUT2D eigenvalue weighted by atomic mass is 9.86. The monoisotopic (exact) mass is 205 g/mol. The van der Waals surface area contributed by atoms with Crippen molar-refractivity contribution >= 4 is 17.4 Å². The Morgan fingerprint density at radius 3 is 2.53 bits per heavy atom. The van der Waals surface area contributed by atoms with Crippen molar-refractivity contribution in [2.75, 3.05) is 11.9 Å². The van der Waals surface area contributed by atoms with Crippen LogP contribution in [0.3, 0.4) is 0 Å². The van der Waals surface area contributed by atoms with Gasteiger partial charge in [-0.05, 0) is 13.0 Å². The van der Waals surface area contributed by atoms with E-state index in [1.165, 1.54) is 18.9 Å². The first-order valence-electron chi connectivity index (χ1n) is 4.60. The van der Waals surface area contributed by atoms with Crippen molar-refractivity contribution in [1.82, 2.24) is 0 Å². The molecule has 1 aliphatic heterocycles. The van der Waals surface area contributed by atoms with Gasteiger partial charge < -0.3 is 10.0 Å². The minimum absolute atomic E-state index is 0.470. The maximum absolute atomic E-state index is 11.6. The van der Waals surface area contributed by atoms with Gasteiger partial charge in [0.05, 0.1) is 5.69 Å². The molecule has 1 aromatic carbocycles. The number of fused-ring (bicyclic) bond motifs is 1. The van der Waals surface area contributed by atoms with E-state index in [0.29, 0.717) is 11.3 Å². The highest BCUT2D eigenvalue weighted by atomic mass is 16.3. The molecule has 4 nitrogen and oxygen atoms in total. The highest BCUT2D eigenvalue weighted by molar-refractivity contribution is 6.45. The Labute approximate surface area is 87.1 Å². The van der Waals surface area contributed by atoms with Crippen LogP contribution in [-0.2, 0) is 15.2 Å². The maximum atomic E-state index is 11.6. The van der Waals surface area contributed by atoms with E-state index >= 15 is 0 Å². The number of Topliss-reactive ketones (excluding diaryl/α,β-unsaturated/α-hetero) is 1. The van der Waals surface area contributed by atoms with Crippen LogP contribution < -0.4 is 4.90 Å². The first-order valence-corrected chi connectivity index (χ1v) is 4.60. The molecule has 1 aromatic rings. The van der Waals surface area contributed by atoms with E-state index in [4.69, 9.17) is 0 Å². The van der Waals surface area contributed by atoms with Crippen molar-refractivity contribution in [1.29, 1.82) is 0 Å². The molecule has 1 atom stereocenters. The molecule has 0 bridgehead atoms. The maximum Gasteiger partial charge on any atom is 0.297 e. The zero-order valence-corrected chi connectivity index (χ0v) is 8.52. The van der Waals surface area contributed by atoms with Crippen LogP contribution >= 0.6 is 0 Å². The van der Waals surface area contributed by atoms with Crippen molar-refractivity contribution in [2.45, 2.75) is 12.5 Å². The minimum atomic E-state index is -1.71. The molecular weight excluding hydrogens is 194 g/mol. The van der Waals surface area contributed by atoms with Crippen molar-refractivity contribution in [3.8, 4) is 0 Å². The molecule has 0 aromatic heterocycles. The molecule has 0 fully saturated rings. The van der Waals surface area contributed by atoms with E-state index < -0.39 is 17.3 Å². The van der Waals surface area contributed by atoms with Crippen LogP contribution in [-0.4, -0.2) is 23.8 Å². The zero-order chi connectivity index (χ0) is 11.2. The summed E-state index contributed by atoms with van der Waals surface area (Å²) in [5.41, 5.74) is -0.663. The molecule has 0 aliphatic carbocycles. The second-order valence-corrected chi connectivity index (χ2v) is 3.78. The average molecular weight is 205 g/mol. The Kier molecular flexibility index (Phi) is 1.91. The summed E-state index contributed by atoms with van der Waals surface area (Å²) in [4.78, 5) is 24.4. The Bertz CT molecular complexity index is 451. The predicted molar refractivity (Wildman–Crippen MR) is 54.4 cm³/mol. The van der Waals surface area contributed by atoms with E-state index in [1.807, 2.05) is 0 Å². The fraction of sp³-hybridized carbons (Fsp3) is 0.273. The van der Waals surface area contributed by atoms with Gasteiger partial charge in [-0.15, -0.1) is 0 Å². The van der Waals surface area contributed by atoms with Gasteiger partial charge in [0.2, 0.25) is 0 Å². The molecule has 0 saturated heterocycles. The molecule has 0 spiro atoms. The third kappa shape index (κ3) is 1.18. The molecule has 1 aliphatic rings. The van der Waals surface area contributed by atoms with Gasteiger partial charge in [0.25, 0.3) is 11.7 Å². The first kappa shape index (κ1) is 9.86. The molecule has 1 heterocycles. The highest BCUT2D eigenvalue weighted by Crippen LogP contribution is 2.35. The van der Waals surface area contributed by atoms with E-state index in [0.717, 1.165) is 0 Å². The number of nitrogens with zero attached hydrogens (tertiary/aromatic N) is 1. The van der Waals surface area contributed by atoms with E-state index in [9.17, 15) is 14.7 Å². The second-order valence-electron chi connectivity index (χ2n) is 3.78. The molecule has 4 heteroatoms. The predicted octanol–water partition coefficient (Wildman–Crippen LogP) is 0.440. The average Bonchev–Trinajstić information content (AvgIpc) is 2.24. The number of ketones is 1. The number of likely N-dealkylation sites (N-methyl/N-ethyl adjacent to an activating group) is 1. The SMILES string of the molecule is CN1C(=O)C(=O)C(C)(O)c2ccccc21. The van der Waals surface area contributed by atoms with Crippen molar-refractivity contribution in [2.24, 2.45) is 0 Å². The molecular formula is C11H11NO3. The summed E-state index contributed by atoms with van der Waals surface area (Å²) in [6, 6.07) is 6.84. The Morgan fingerprint density at radius 1 is 1.27 bits per heavy atom. The normalized spacial score (nSPS) is 25.4. The minimum Gasteiger partial charge on any atom is -0.377 e. The summed E-state index contributed by atoms with van der Waals surface area (Å²) in [5, 5.41) is 9.99. The molecule has 0 radical (unpaired) electrons. The van der Waals surface area contributed by atoms with Crippen LogP contribution in [0.2, 0.25) is 0 Å². The molecule has 1 amide bonds. The third-order valence-electron chi connectivity index (χ3n) is 2.73. The highest BCUT2D eigenvalue weighted by Gasteiger charge is 2.45. The van der Waals surface area contributed by atoms with Crippen LogP contribution in [0.25, 0.3) is 0 Å². The molecule has 15 heavy (non-hydrogen) atoms. The number of hydrogen-bond donors (Lipinski definition) is 1. The lowest BCUT2D eigenvalue weighted by molar-refractivity contribution is -0.148. The summed E-state index contributed by atoms with van der Waals surface area (Å²) in [6.45, 7) is 1.35. The smallest absolute Gasteiger partial charge is 0.297 e. The van der Waals surface area contributed by atoms with Crippen molar-refractivity contribution in [3.63, 3.8) is 0 Å². The number of carbonyl (C=O) groups excluding carboxylic acids is 2. The van der Waals surface area contributed by atoms with Gasteiger partial charge in [-0.2, -0.15) is 0 Å². The Hall–Kier alpha value is -1.68. The lowest BCUT2D eigenvalue weighted by Crippen LogP contribution is -2.50. The van der Waals surface area contributed by atoms with Gasteiger partial charge in [-0.25, -0.2) is 0 Å². The van der Waals surface area contributed by atoms with Crippen LogP contribution in [0.1, 0.15) is 12.5 Å². The fourth-order valence-corrected chi connectivity index (χ4v) is 1.77. The Balaban J connectivity index is 2.72. The fourth-order valence-electron chi connectivity index (χ4n) is 1.77. The number of carbonyl (C=O) groups is 2. The number of aliphatic hydroxyl groups is 1. The summed E-state index contributed by atoms with van der Waals surface area (Å²) in [7, 11) is 1.52. The second kappa shape index (κ2) is 2.90. The van der Waals surface area contributed by atoms with Crippen LogP contribution in [0.5, 0.6) is 0 Å². The van der Waals surface area contributed by atoms with Gasteiger partial charge in [0.1, 0.15) is 0 Å². The summed E-state index contributed by atoms with van der Waals surface area (Å²) in [6.07, 6.45) is 0. The summed E-state index contributed by atoms with van der Waals surface area (Å²) >= 11 is 0. The van der Waals surface area contributed by atoms with E-state index in [2.05, 4.69) is 0 Å². The van der Waals surface area contributed by atoms with Crippen molar-refractivity contribution < 1.29 is 14.7 Å². The third-order valence-corrected chi connectivity index (χ3v) is 2.73. The molecule has 1 unspecified atom stereocenters. The Morgan fingerprint density at radius 2 is 1.87 bits per heavy atom. The van der Waals surface area contributed by atoms with Crippen LogP contribution in [0.15, 0.2) is 24.3 Å². The van der Waals surface area contributed by atoms with Gasteiger partial charge in [-0.1, -0.05) is 18.2 Å². The molecule has 2 rings (SSSR count). The van der Waals surface area contributed by atoms with Gasteiger partial charge in [0.15, 0.2) is 5.60 Å². The largest absolute Gasteiger partial charge is 0.377 e. The molecule has 1 N–H and O–H groups in total. The quantitative estimate of drug-likeness (QED) is 0.625. The number of amides is 1. The number of hydrogen-bond acceptors (Lipinski definition) is 3. The van der Waals surface area contributed by atoms with Crippen molar-refractivity contribution in [3.05, 3.63) is 29.8 Å². The summed E-state index contributed by atoms with van der Waals surface area (Å²) in [5.74, 6) is -1.47. The number of para-hydroxylation sites is 1. The summed E-state index contributed by atoms with van der Waals surface area (Å²) < 4.78 is 0. The topological polar surface area (TPSA) is 57.6 Å². The molecule has 78 valence electrons.